The number of hydrogen-bond acceptors (Lipinski definition) is 5. The fourth-order valence-electron chi connectivity index (χ4n) is 2.75. The van der Waals surface area contributed by atoms with Crippen molar-refractivity contribution in [3.8, 4) is 5.75 Å². The summed E-state index contributed by atoms with van der Waals surface area (Å²) in [5, 5.41) is 7.53. The number of carbonyl (C=O) groups is 1. The van der Waals surface area contributed by atoms with E-state index in [-0.39, 0.29) is 30.0 Å². The molecule has 0 aliphatic heterocycles. The first-order chi connectivity index (χ1) is 12.8. The van der Waals surface area contributed by atoms with Crippen LogP contribution in [0.2, 0.25) is 0 Å². The molecule has 8 heteroatoms. The van der Waals surface area contributed by atoms with Gasteiger partial charge in [-0.1, -0.05) is 6.07 Å². The van der Waals surface area contributed by atoms with E-state index < -0.39 is 0 Å². The number of amides is 1. The minimum atomic E-state index is -0.274. The lowest BCUT2D eigenvalue weighted by molar-refractivity contribution is -0.116. The Kier molecular flexibility index (Phi) is 4.98. The summed E-state index contributed by atoms with van der Waals surface area (Å²) in [5.41, 5.74) is 0.713. The van der Waals surface area contributed by atoms with Gasteiger partial charge in [0.15, 0.2) is 5.65 Å². The molecule has 0 atom stereocenters. The van der Waals surface area contributed by atoms with Gasteiger partial charge in [-0.3, -0.25) is 14.2 Å². The largest absolute Gasteiger partial charge is 0.497 e. The number of aryl methyl sites for hydroxylation is 1. The van der Waals surface area contributed by atoms with Gasteiger partial charge < -0.3 is 10.1 Å². The van der Waals surface area contributed by atoms with E-state index in [0.717, 1.165) is 0 Å². The number of nitrogens with zero attached hydrogens (tertiary/aromatic N) is 4. The highest BCUT2D eigenvalue weighted by Gasteiger charge is 2.19. The van der Waals surface area contributed by atoms with Crippen LogP contribution in [0.4, 0.5) is 5.69 Å². The molecule has 3 aromatic rings. The van der Waals surface area contributed by atoms with Crippen molar-refractivity contribution in [3.63, 3.8) is 0 Å². The second-order valence-corrected chi connectivity index (χ2v) is 7.24. The normalized spacial score (nSPS) is 11.6. The first kappa shape index (κ1) is 18.6. The fraction of sp³-hybridized carbons (Fsp3) is 0.368. The molecule has 1 aromatic carbocycles. The average Bonchev–Trinajstić information content (AvgIpc) is 3.06. The highest BCUT2D eigenvalue weighted by molar-refractivity contribution is 5.90. The van der Waals surface area contributed by atoms with Gasteiger partial charge >= 0.3 is 0 Å². The molecule has 1 N–H and O–H groups in total. The lowest BCUT2D eigenvalue weighted by Crippen LogP contribution is -2.26. The Labute approximate surface area is 156 Å². The van der Waals surface area contributed by atoms with Crippen molar-refractivity contribution in [2.75, 3.05) is 12.4 Å². The number of aromatic nitrogens is 4. The first-order valence-electron chi connectivity index (χ1n) is 8.67. The number of rotatable bonds is 5. The number of methoxy groups -OCH3 is 1. The molecule has 0 spiro atoms. The molecular formula is C19H23N5O3. The van der Waals surface area contributed by atoms with Crippen LogP contribution < -0.4 is 15.6 Å². The second kappa shape index (κ2) is 7.22. The topological polar surface area (TPSA) is 91.0 Å². The number of carbonyl (C=O) groups excluding carboxylic acids is 1. The highest BCUT2D eigenvalue weighted by atomic mass is 16.5. The van der Waals surface area contributed by atoms with E-state index in [1.807, 2.05) is 20.8 Å². The second-order valence-electron chi connectivity index (χ2n) is 7.24. The van der Waals surface area contributed by atoms with Crippen LogP contribution >= 0.6 is 0 Å². The van der Waals surface area contributed by atoms with Crippen molar-refractivity contribution in [1.82, 2.24) is 19.3 Å². The molecule has 3 rings (SSSR count). The van der Waals surface area contributed by atoms with E-state index in [9.17, 15) is 9.59 Å². The predicted octanol–water partition coefficient (Wildman–Crippen LogP) is 2.39. The maximum atomic E-state index is 12.6. The Bertz CT molecular complexity index is 1030. The van der Waals surface area contributed by atoms with Crippen molar-refractivity contribution < 1.29 is 9.53 Å². The van der Waals surface area contributed by atoms with Gasteiger partial charge in [0.05, 0.1) is 25.2 Å². The summed E-state index contributed by atoms with van der Waals surface area (Å²) >= 11 is 0. The molecule has 0 fully saturated rings. The molecule has 0 bridgehead atoms. The van der Waals surface area contributed by atoms with E-state index in [2.05, 4.69) is 15.4 Å². The van der Waals surface area contributed by atoms with Gasteiger partial charge in [-0.15, -0.1) is 0 Å². The van der Waals surface area contributed by atoms with Crippen LogP contribution in [0.15, 0.2) is 41.6 Å². The molecule has 0 unspecified atom stereocenters. The van der Waals surface area contributed by atoms with Gasteiger partial charge in [0.1, 0.15) is 11.1 Å². The smallest absolute Gasteiger partial charge is 0.264 e. The van der Waals surface area contributed by atoms with E-state index in [4.69, 9.17) is 4.74 Å². The van der Waals surface area contributed by atoms with Crippen molar-refractivity contribution >= 4 is 22.6 Å². The van der Waals surface area contributed by atoms with E-state index in [0.29, 0.717) is 22.5 Å². The van der Waals surface area contributed by atoms with Crippen LogP contribution in [-0.4, -0.2) is 32.3 Å². The third-order valence-corrected chi connectivity index (χ3v) is 4.12. The van der Waals surface area contributed by atoms with Crippen molar-refractivity contribution in [2.24, 2.45) is 0 Å². The Balaban J connectivity index is 1.72. The summed E-state index contributed by atoms with van der Waals surface area (Å²) in [6, 6.07) is 7.11. The third-order valence-electron chi connectivity index (χ3n) is 4.12. The quantitative estimate of drug-likeness (QED) is 0.746. The molecule has 2 aromatic heterocycles. The van der Waals surface area contributed by atoms with Crippen molar-refractivity contribution in [2.45, 2.75) is 39.3 Å². The Hall–Kier alpha value is -3.16. The minimum Gasteiger partial charge on any atom is -0.497 e. The molecule has 0 aliphatic carbocycles. The summed E-state index contributed by atoms with van der Waals surface area (Å²) in [6.45, 7) is 6.22. The number of ether oxygens (including phenoxy) is 1. The van der Waals surface area contributed by atoms with Gasteiger partial charge in [0.25, 0.3) is 5.56 Å². The maximum Gasteiger partial charge on any atom is 0.264 e. The lowest BCUT2D eigenvalue weighted by Gasteiger charge is -2.19. The van der Waals surface area contributed by atoms with Crippen LogP contribution in [0.1, 0.15) is 27.2 Å². The first-order valence-corrected chi connectivity index (χ1v) is 8.67. The van der Waals surface area contributed by atoms with Crippen LogP contribution in [0.5, 0.6) is 5.75 Å². The Morgan fingerprint density at radius 3 is 2.78 bits per heavy atom. The van der Waals surface area contributed by atoms with Gasteiger partial charge in [0.2, 0.25) is 5.91 Å². The molecule has 0 aliphatic rings. The monoisotopic (exact) mass is 369 g/mol. The zero-order valence-electron chi connectivity index (χ0n) is 15.9. The van der Waals surface area contributed by atoms with Crippen LogP contribution in [0.3, 0.4) is 0 Å². The van der Waals surface area contributed by atoms with Crippen LogP contribution in [0, 0.1) is 0 Å². The van der Waals surface area contributed by atoms with Crippen molar-refractivity contribution in [3.05, 3.63) is 47.1 Å². The third kappa shape index (κ3) is 3.99. The highest BCUT2D eigenvalue weighted by Crippen LogP contribution is 2.18. The Morgan fingerprint density at radius 1 is 1.30 bits per heavy atom. The number of fused-ring (bicyclic) bond motifs is 1. The molecule has 27 heavy (non-hydrogen) atoms. The number of benzene rings is 1. The molecule has 8 nitrogen and oxygen atoms in total. The molecule has 142 valence electrons. The summed E-state index contributed by atoms with van der Waals surface area (Å²) < 4.78 is 8.29. The van der Waals surface area contributed by atoms with Gasteiger partial charge in [0, 0.05) is 24.7 Å². The lowest BCUT2D eigenvalue weighted by atomic mass is 10.1. The summed E-state index contributed by atoms with van der Waals surface area (Å²) in [7, 11) is 1.57. The summed E-state index contributed by atoms with van der Waals surface area (Å²) in [5.74, 6) is 0.468. The number of nitrogens with one attached hydrogen (secondary N) is 1. The molecule has 1 amide bonds. The van der Waals surface area contributed by atoms with Gasteiger partial charge in [-0.2, -0.15) is 5.10 Å². The average molecular weight is 369 g/mol. The fourth-order valence-corrected chi connectivity index (χ4v) is 2.75. The van der Waals surface area contributed by atoms with Gasteiger partial charge in [-0.25, -0.2) is 9.67 Å². The zero-order valence-corrected chi connectivity index (χ0v) is 15.9. The van der Waals surface area contributed by atoms with Crippen molar-refractivity contribution in [1.29, 1.82) is 0 Å². The van der Waals surface area contributed by atoms with E-state index in [1.165, 1.54) is 17.1 Å². The Morgan fingerprint density at radius 2 is 2.07 bits per heavy atom. The van der Waals surface area contributed by atoms with Gasteiger partial charge in [-0.05, 0) is 32.9 Å². The predicted molar refractivity (Wildman–Crippen MR) is 103 cm³/mol. The minimum absolute atomic E-state index is 0.151. The summed E-state index contributed by atoms with van der Waals surface area (Å²) in [4.78, 5) is 29.2. The van der Waals surface area contributed by atoms with E-state index >= 15 is 0 Å². The number of hydrogen-bond donors (Lipinski definition) is 1. The number of anilines is 1. The van der Waals surface area contributed by atoms with E-state index in [1.54, 1.807) is 36.1 Å². The molecule has 2 heterocycles. The molecule has 0 saturated carbocycles. The molecular weight excluding hydrogens is 346 g/mol. The van der Waals surface area contributed by atoms with Crippen LogP contribution in [-0.2, 0) is 16.9 Å². The van der Waals surface area contributed by atoms with Crippen LogP contribution in [0.25, 0.3) is 11.0 Å². The molecule has 0 saturated heterocycles. The summed E-state index contributed by atoms with van der Waals surface area (Å²) in [6.07, 6.45) is 3.15. The standard InChI is InChI=1S/C19H23N5O3/c1-19(2,3)24-17-15(11-21-24)18(26)23(12-20-17)9-8-16(25)22-13-6-5-7-14(10-13)27-4/h5-7,10-12H,8-9H2,1-4H3,(H,22,25). The molecule has 0 radical (unpaired) electrons. The SMILES string of the molecule is COc1cccc(NC(=O)CCn2cnc3c(cnn3C(C)(C)C)c2=O)c1. The maximum absolute atomic E-state index is 12.6. The zero-order chi connectivity index (χ0) is 19.6.